The van der Waals surface area contributed by atoms with Gasteiger partial charge in [-0.15, -0.1) is 6.58 Å². The molecule has 132 valence electrons. The predicted octanol–water partition coefficient (Wildman–Crippen LogP) is 3.05. The standard InChI is InChI=1S/C20H23NO4/c1-3-8-15-9-4-7-12-19(15)25-14-16(22)13-21-18-11-6-5-10-17(18)20(23)24-2/h3-7,9-12,16,21-22H,1,8,13-14H2,2H3. The second-order valence-electron chi connectivity index (χ2n) is 5.48. The molecule has 0 saturated heterocycles. The first kappa shape index (κ1) is 18.5. The second-order valence-corrected chi connectivity index (χ2v) is 5.48. The highest BCUT2D eigenvalue weighted by Gasteiger charge is 2.13. The number of hydrogen-bond acceptors (Lipinski definition) is 5. The molecule has 0 fully saturated rings. The molecular weight excluding hydrogens is 318 g/mol. The van der Waals surface area contributed by atoms with Crippen LogP contribution < -0.4 is 10.1 Å². The maximum atomic E-state index is 11.7. The summed E-state index contributed by atoms with van der Waals surface area (Å²) in [6.07, 6.45) is 1.78. The lowest BCUT2D eigenvalue weighted by Gasteiger charge is -2.16. The average Bonchev–Trinajstić information content (AvgIpc) is 2.65. The number of anilines is 1. The number of hydrogen-bond donors (Lipinski definition) is 2. The van der Waals surface area contributed by atoms with Gasteiger partial charge in [-0.25, -0.2) is 4.79 Å². The number of methoxy groups -OCH3 is 1. The molecule has 0 aliphatic heterocycles. The van der Waals surface area contributed by atoms with Crippen LogP contribution in [-0.2, 0) is 11.2 Å². The zero-order valence-electron chi connectivity index (χ0n) is 14.3. The quantitative estimate of drug-likeness (QED) is 0.542. The van der Waals surface area contributed by atoms with Gasteiger partial charge in [-0.05, 0) is 30.2 Å². The number of carbonyl (C=O) groups is 1. The van der Waals surface area contributed by atoms with E-state index in [1.165, 1.54) is 7.11 Å². The summed E-state index contributed by atoms with van der Waals surface area (Å²) in [5, 5.41) is 13.2. The van der Waals surface area contributed by atoms with Crippen LogP contribution in [0.5, 0.6) is 5.75 Å². The minimum atomic E-state index is -0.734. The Morgan fingerprint density at radius 3 is 2.72 bits per heavy atom. The lowest BCUT2D eigenvalue weighted by Crippen LogP contribution is -2.27. The van der Waals surface area contributed by atoms with E-state index in [0.29, 0.717) is 17.7 Å². The lowest BCUT2D eigenvalue weighted by molar-refractivity contribution is 0.0601. The Morgan fingerprint density at radius 1 is 1.24 bits per heavy atom. The van der Waals surface area contributed by atoms with Gasteiger partial charge in [0, 0.05) is 12.2 Å². The Bertz CT molecular complexity index is 714. The van der Waals surface area contributed by atoms with Gasteiger partial charge in [0.2, 0.25) is 0 Å². The van der Waals surface area contributed by atoms with Gasteiger partial charge >= 0.3 is 5.97 Å². The smallest absolute Gasteiger partial charge is 0.339 e. The van der Waals surface area contributed by atoms with Crippen LogP contribution in [0.2, 0.25) is 0 Å². The van der Waals surface area contributed by atoms with Gasteiger partial charge in [0.05, 0.1) is 12.7 Å². The average molecular weight is 341 g/mol. The highest BCUT2D eigenvalue weighted by Crippen LogP contribution is 2.19. The molecule has 2 rings (SSSR count). The van der Waals surface area contributed by atoms with Crippen molar-refractivity contribution in [2.45, 2.75) is 12.5 Å². The molecule has 0 heterocycles. The fraction of sp³-hybridized carbons (Fsp3) is 0.250. The molecule has 2 N–H and O–H groups in total. The molecule has 0 amide bonds. The molecule has 0 saturated carbocycles. The van der Waals surface area contributed by atoms with E-state index >= 15 is 0 Å². The highest BCUT2D eigenvalue weighted by molar-refractivity contribution is 5.95. The number of carbonyl (C=O) groups excluding carboxylic acids is 1. The minimum absolute atomic E-state index is 0.140. The summed E-state index contributed by atoms with van der Waals surface area (Å²) >= 11 is 0. The van der Waals surface area contributed by atoms with Crippen molar-refractivity contribution in [2.24, 2.45) is 0 Å². The van der Waals surface area contributed by atoms with Gasteiger partial charge in [0.1, 0.15) is 18.5 Å². The van der Waals surface area contributed by atoms with Crippen molar-refractivity contribution in [2.75, 3.05) is 25.6 Å². The molecule has 2 aromatic carbocycles. The van der Waals surface area contributed by atoms with Gasteiger partial charge in [-0.1, -0.05) is 36.4 Å². The van der Waals surface area contributed by atoms with Crippen LogP contribution in [0.15, 0.2) is 61.2 Å². The number of aliphatic hydroxyl groups is 1. The van der Waals surface area contributed by atoms with Crippen molar-refractivity contribution in [1.82, 2.24) is 0 Å². The Morgan fingerprint density at radius 2 is 1.96 bits per heavy atom. The van der Waals surface area contributed by atoms with Crippen molar-refractivity contribution in [3.8, 4) is 5.75 Å². The van der Waals surface area contributed by atoms with Gasteiger partial charge in [0.15, 0.2) is 0 Å². The zero-order chi connectivity index (χ0) is 18.1. The number of ether oxygens (including phenoxy) is 2. The van der Waals surface area contributed by atoms with Crippen molar-refractivity contribution >= 4 is 11.7 Å². The monoisotopic (exact) mass is 341 g/mol. The number of aliphatic hydroxyl groups excluding tert-OH is 1. The van der Waals surface area contributed by atoms with E-state index in [-0.39, 0.29) is 13.2 Å². The lowest BCUT2D eigenvalue weighted by atomic mass is 10.1. The number of nitrogens with one attached hydrogen (secondary N) is 1. The van der Waals surface area contributed by atoms with Gasteiger partial charge in [0.25, 0.3) is 0 Å². The Balaban J connectivity index is 1.91. The van der Waals surface area contributed by atoms with Crippen molar-refractivity contribution in [3.63, 3.8) is 0 Å². The molecule has 5 heteroatoms. The molecule has 1 atom stereocenters. The summed E-state index contributed by atoms with van der Waals surface area (Å²) in [5.41, 5.74) is 2.06. The topological polar surface area (TPSA) is 67.8 Å². The van der Waals surface area contributed by atoms with Crippen molar-refractivity contribution in [3.05, 3.63) is 72.3 Å². The Kier molecular flexibility index (Phi) is 7.04. The van der Waals surface area contributed by atoms with Crippen LogP contribution in [-0.4, -0.2) is 37.4 Å². The molecule has 0 spiro atoms. The number of para-hydroxylation sites is 2. The predicted molar refractivity (Wildman–Crippen MR) is 98.1 cm³/mol. The number of esters is 1. The van der Waals surface area contributed by atoms with E-state index in [1.807, 2.05) is 36.4 Å². The van der Waals surface area contributed by atoms with Gasteiger partial charge in [-0.2, -0.15) is 0 Å². The van der Waals surface area contributed by atoms with Crippen LogP contribution in [0.4, 0.5) is 5.69 Å². The van der Waals surface area contributed by atoms with Crippen LogP contribution >= 0.6 is 0 Å². The molecule has 0 aliphatic rings. The number of allylic oxidation sites excluding steroid dienone is 1. The SMILES string of the molecule is C=CCc1ccccc1OCC(O)CNc1ccccc1C(=O)OC. The summed E-state index contributed by atoms with van der Waals surface area (Å²) in [5.74, 6) is 0.309. The third-order valence-electron chi connectivity index (χ3n) is 3.63. The molecule has 1 unspecified atom stereocenters. The van der Waals surface area contributed by atoms with Gasteiger partial charge < -0.3 is 19.9 Å². The molecule has 0 bridgehead atoms. The molecular formula is C20H23NO4. The second kappa shape index (κ2) is 9.49. The molecule has 0 radical (unpaired) electrons. The molecule has 5 nitrogen and oxygen atoms in total. The van der Waals surface area contributed by atoms with Crippen molar-refractivity contribution in [1.29, 1.82) is 0 Å². The first-order valence-corrected chi connectivity index (χ1v) is 8.06. The van der Waals surface area contributed by atoms with Crippen LogP contribution in [0.1, 0.15) is 15.9 Å². The first-order valence-electron chi connectivity index (χ1n) is 8.06. The molecule has 25 heavy (non-hydrogen) atoms. The van der Waals surface area contributed by atoms with Crippen LogP contribution in [0, 0.1) is 0 Å². The van der Waals surface area contributed by atoms with E-state index < -0.39 is 12.1 Å². The molecule has 0 aromatic heterocycles. The molecule has 0 aliphatic carbocycles. The van der Waals surface area contributed by atoms with Crippen LogP contribution in [0.3, 0.4) is 0 Å². The zero-order valence-corrected chi connectivity index (χ0v) is 14.3. The van der Waals surface area contributed by atoms with E-state index in [2.05, 4.69) is 11.9 Å². The number of benzene rings is 2. The fourth-order valence-corrected chi connectivity index (χ4v) is 2.37. The van der Waals surface area contributed by atoms with Crippen molar-refractivity contribution < 1.29 is 19.4 Å². The summed E-state index contributed by atoms with van der Waals surface area (Å²) in [4.78, 5) is 11.7. The normalized spacial score (nSPS) is 11.4. The molecule has 2 aromatic rings. The Labute approximate surface area is 147 Å². The highest BCUT2D eigenvalue weighted by atomic mass is 16.5. The summed E-state index contributed by atoms with van der Waals surface area (Å²) in [7, 11) is 1.34. The summed E-state index contributed by atoms with van der Waals surface area (Å²) in [6, 6.07) is 14.7. The van der Waals surface area contributed by atoms with E-state index in [0.717, 1.165) is 11.3 Å². The summed E-state index contributed by atoms with van der Waals surface area (Å²) < 4.78 is 10.5. The van der Waals surface area contributed by atoms with E-state index in [9.17, 15) is 9.90 Å². The maximum Gasteiger partial charge on any atom is 0.339 e. The van der Waals surface area contributed by atoms with Crippen LogP contribution in [0.25, 0.3) is 0 Å². The minimum Gasteiger partial charge on any atom is -0.491 e. The Hall–Kier alpha value is -2.79. The van der Waals surface area contributed by atoms with Gasteiger partial charge in [-0.3, -0.25) is 0 Å². The van der Waals surface area contributed by atoms with E-state index in [4.69, 9.17) is 9.47 Å². The largest absolute Gasteiger partial charge is 0.491 e. The first-order chi connectivity index (χ1) is 12.2. The maximum absolute atomic E-state index is 11.7. The fourth-order valence-electron chi connectivity index (χ4n) is 2.37. The van der Waals surface area contributed by atoms with E-state index in [1.54, 1.807) is 18.2 Å². The summed E-state index contributed by atoms with van der Waals surface area (Å²) in [6.45, 7) is 4.12. The third kappa shape index (κ3) is 5.36. The number of rotatable bonds is 9. The third-order valence-corrected chi connectivity index (χ3v) is 3.63.